The topological polar surface area (TPSA) is 179 Å². The Kier molecular flexibility index (Phi) is 3.56. The van der Waals surface area contributed by atoms with E-state index in [2.05, 4.69) is 15.4 Å². The molecule has 23 heavy (non-hydrogen) atoms. The van der Waals surface area contributed by atoms with E-state index in [0.29, 0.717) is 4.68 Å². The van der Waals surface area contributed by atoms with Crippen molar-refractivity contribution in [3.63, 3.8) is 0 Å². The molecule has 1 aliphatic heterocycles. The molecule has 0 aromatic carbocycles. The summed E-state index contributed by atoms with van der Waals surface area (Å²) in [5.41, 5.74) is -1.34. The highest BCUT2D eigenvalue weighted by Gasteiger charge is 2.45. The molecule has 0 bridgehead atoms. The zero-order valence-corrected chi connectivity index (χ0v) is 11.7. The van der Waals surface area contributed by atoms with Crippen LogP contribution in [0.5, 0.6) is 0 Å². The molecule has 124 valence electrons. The number of nitro groups is 1. The van der Waals surface area contributed by atoms with Gasteiger partial charge in [0.25, 0.3) is 0 Å². The molecule has 4 unspecified atom stereocenters. The zero-order chi connectivity index (χ0) is 16.9. The predicted octanol–water partition coefficient (Wildman–Crippen LogP) is -2.96. The molecule has 13 heteroatoms. The number of aryl methyl sites for hydroxylation is 1. The molecule has 0 radical (unpaired) electrons. The van der Waals surface area contributed by atoms with Crippen LogP contribution in [-0.4, -0.2) is 69.9 Å². The number of aliphatic hydroxyl groups excluding tert-OH is 3. The third kappa shape index (κ3) is 2.17. The number of fused-ring (bicyclic) bond motifs is 1. The lowest BCUT2D eigenvalue weighted by Gasteiger charge is -2.14. The van der Waals surface area contributed by atoms with Crippen LogP contribution in [0, 0.1) is 10.1 Å². The molecule has 2 aromatic rings. The molecule has 3 rings (SSSR count). The minimum Gasteiger partial charge on any atom is -0.394 e. The van der Waals surface area contributed by atoms with Crippen molar-refractivity contribution in [3.8, 4) is 0 Å². The fraction of sp³-hybridized carbons (Fsp3) is 0.600. The quantitative estimate of drug-likeness (QED) is 0.389. The summed E-state index contributed by atoms with van der Waals surface area (Å²) in [6.45, 7) is -0.573. The SMILES string of the molecule is Cn1nc([N+](=O)[O-])c2nnn(C3OC(CO)C(O)C3O)c(=O)c21. The van der Waals surface area contributed by atoms with Crippen molar-refractivity contribution in [2.24, 2.45) is 7.05 Å². The van der Waals surface area contributed by atoms with Crippen molar-refractivity contribution in [1.29, 1.82) is 0 Å². The molecular formula is C10H12N6O7. The van der Waals surface area contributed by atoms with Gasteiger partial charge in [0.05, 0.1) is 18.8 Å². The minimum atomic E-state index is -1.53. The van der Waals surface area contributed by atoms with Crippen LogP contribution in [0.25, 0.3) is 11.0 Å². The lowest BCUT2D eigenvalue weighted by molar-refractivity contribution is -0.388. The molecular weight excluding hydrogens is 316 g/mol. The molecule has 4 atom stereocenters. The largest absolute Gasteiger partial charge is 0.418 e. The summed E-state index contributed by atoms with van der Waals surface area (Å²) in [6, 6.07) is 0. The van der Waals surface area contributed by atoms with Gasteiger partial charge in [-0.3, -0.25) is 4.79 Å². The van der Waals surface area contributed by atoms with Crippen molar-refractivity contribution in [1.82, 2.24) is 24.8 Å². The fourth-order valence-corrected chi connectivity index (χ4v) is 2.44. The van der Waals surface area contributed by atoms with E-state index in [-0.39, 0.29) is 11.0 Å². The van der Waals surface area contributed by atoms with Crippen LogP contribution in [0.2, 0.25) is 0 Å². The van der Waals surface area contributed by atoms with Crippen LogP contribution in [0.4, 0.5) is 5.82 Å². The van der Waals surface area contributed by atoms with Gasteiger partial charge in [0.1, 0.15) is 18.3 Å². The summed E-state index contributed by atoms with van der Waals surface area (Å²) in [6.07, 6.45) is -5.43. The van der Waals surface area contributed by atoms with Crippen molar-refractivity contribution in [2.75, 3.05) is 6.61 Å². The third-order valence-electron chi connectivity index (χ3n) is 3.59. The summed E-state index contributed by atoms with van der Waals surface area (Å²) in [7, 11) is 1.32. The maximum atomic E-state index is 12.5. The molecule has 1 fully saturated rings. The Hall–Kier alpha value is -2.48. The van der Waals surface area contributed by atoms with Crippen LogP contribution in [0.3, 0.4) is 0 Å². The lowest BCUT2D eigenvalue weighted by atomic mass is 10.1. The van der Waals surface area contributed by atoms with E-state index >= 15 is 0 Å². The maximum Gasteiger partial charge on any atom is 0.418 e. The number of rotatable bonds is 3. The molecule has 0 amide bonds. The first-order valence-electron chi connectivity index (χ1n) is 6.45. The van der Waals surface area contributed by atoms with Gasteiger partial charge in [-0.25, -0.2) is 0 Å². The van der Waals surface area contributed by atoms with E-state index in [1.165, 1.54) is 7.05 Å². The smallest absolute Gasteiger partial charge is 0.394 e. The fourth-order valence-electron chi connectivity index (χ4n) is 2.44. The summed E-state index contributed by atoms with van der Waals surface area (Å²) >= 11 is 0. The normalized spacial score (nSPS) is 27.7. The molecule has 3 N–H and O–H groups in total. The van der Waals surface area contributed by atoms with Crippen molar-refractivity contribution < 1.29 is 25.0 Å². The summed E-state index contributed by atoms with van der Waals surface area (Å²) in [5.74, 6) is -0.625. The summed E-state index contributed by atoms with van der Waals surface area (Å²) < 4.78 is 6.82. The average Bonchev–Trinajstić information content (AvgIpc) is 2.99. The Bertz CT molecular complexity index is 831. The Morgan fingerprint density at radius 2 is 2.09 bits per heavy atom. The van der Waals surface area contributed by atoms with E-state index < -0.39 is 47.4 Å². The molecule has 2 aromatic heterocycles. The first-order valence-corrected chi connectivity index (χ1v) is 6.45. The van der Waals surface area contributed by atoms with Gasteiger partial charge in [0.15, 0.2) is 11.7 Å². The Labute approximate surface area is 126 Å². The van der Waals surface area contributed by atoms with Gasteiger partial charge in [-0.1, -0.05) is 5.21 Å². The van der Waals surface area contributed by atoms with Crippen LogP contribution in [0.15, 0.2) is 4.79 Å². The van der Waals surface area contributed by atoms with Crippen molar-refractivity contribution in [3.05, 3.63) is 20.5 Å². The zero-order valence-electron chi connectivity index (χ0n) is 11.7. The monoisotopic (exact) mass is 328 g/mol. The number of aliphatic hydroxyl groups is 3. The number of hydrogen-bond donors (Lipinski definition) is 3. The molecule has 1 aliphatic rings. The van der Waals surface area contributed by atoms with Crippen molar-refractivity contribution >= 4 is 16.9 Å². The highest BCUT2D eigenvalue weighted by Crippen LogP contribution is 2.28. The van der Waals surface area contributed by atoms with E-state index in [9.17, 15) is 25.1 Å². The van der Waals surface area contributed by atoms with E-state index in [1.54, 1.807) is 0 Å². The molecule has 0 aliphatic carbocycles. The maximum absolute atomic E-state index is 12.5. The van der Waals surface area contributed by atoms with E-state index in [4.69, 9.17) is 9.84 Å². The van der Waals surface area contributed by atoms with Crippen LogP contribution in [-0.2, 0) is 11.8 Å². The van der Waals surface area contributed by atoms with Crippen LogP contribution < -0.4 is 5.56 Å². The number of hydrogen-bond acceptors (Lipinski definition) is 10. The molecule has 0 spiro atoms. The van der Waals surface area contributed by atoms with Crippen LogP contribution >= 0.6 is 0 Å². The highest BCUT2D eigenvalue weighted by molar-refractivity contribution is 5.81. The number of nitrogens with zero attached hydrogens (tertiary/aromatic N) is 6. The predicted molar refractivity (Wildman–Crippen MR) is 70.2 cm³/mol. The standard InChI is InChI=1S/C10H12N6O7/c1-14-5-4(8(12-14)16(21)22)11-13-15(9(5)20)10-7(19)6(18)3(2-17)23-10/h3,6-7,10,17-19H,2H2,1H3. The first kappa shape index (κ1) is 15.4. The Balaban J connectivity index is 2.14. The summed E-state index contributed by atoms with van der Waals surface area (Å²) in [5, 5.41) is 50.3. The first-order chi connectivity index (χ1) is 10.9. The second-order valence-electron chi connectivity index (χ2n) is 4.97. The molecule has 13 nitrogen and oxygen atoms in total. The number of aromatic nitrogens is 5. The van der Waals surface area contributed by atoms with Gasteiger partial charge in [-0.2, -0.15) is 9.36 Å². The lowest BCUT2D eigenvalue weighted by Crippen LogP contribution is -2.37. The van der Waals surface area contributed by atoms with E-state index in [1.807, 2.05) is 0 Å². The van der Waals surface area contributed by atoms with E-state index in [0.717, 1.165) is 4.68 Å². The van der Waals surface area contributed by atoms with Gasteiger partial charge < -0.3 is 30.2 Å². The van der Waals surface area contributed by atoms with Gasteiger partial charge in [0, 0.05) is 0 Å². The second kappa shape index (κ2) is 5.31. The van der Waals surface area contributed by atoms with Gasteiger partial charge >= 0.3 is 11.4 Å². The molecule has 3 heterocycles. The Morgan fingerprint density at radius 1 is 1.39 bits per heavy atom. The average molecular weight is 328 g/mol. The van der Waals surface area contributed by atoms with Gasteiger partial charge in [0.2, 0.25) is 5.52 Å². The highest BCUT2D eigenvalue weighted by atomic mass is 16.6. The minimum absolute atomic E-state index is 0.204. The third-order valence-corrected chi connectivity index (χ3v) is 3.59. The molecule has 1 saturated heterocycles. The molecule has 0 saturated carbocycles. The summed E-state index contributed by atoms with van der Waals surface area (Å²) in [4.78, 5) is 22.5. The van der Waals surface area contributed by atoms with Gasteiger partial charge in [-0.15, -0.1) is 5.10 Å². The number of ether oxygens (including phenoxy) is 1. The van der Waals surface area contributed by atoms with Crippen LogP contribution in [0.1, 0.15) is 6.23 Å². The second-order valence-corrected chi connectivity index (χ2v) is 4.97. The Morgan fingerprint density at radius 3 is 2.65 bits per heavy atom. The van der Waals surface area contributed by atoms with Gasteiger partial charge in [-0.05, 0) is 4.92 Å². The van der Waals surface area contributed by atoms with Crippen molar-refractivity contribution in [2.45, 2.75) is 24.5 Å².